The third kappa shape index (κ3) is 3.64. The predicted molar refractivity (Wildman–Crippen MR) is 75.9 cm³/mol. The summed E-state index contributed by atoms with van der Waals surface area (Å²) < 4.78 is 0. The highest BCUT2D eigenvalue weighted by Crippen LogP contribution is 2.15. The van der Waals surface area contributed by atoms with Gasteiger partial charge in [-0.25, -0.2) is 0 Å². The van der Waals surface area contributed by atoms with Crippen molar-refractivity contribution in [2.75, 3.05) is 13.1 Å². The van der Waals surface area contributed by atoms with Gasteiger partial charge >= 0.3 is 0 Å². The second-order valence-corrected chi connectivity index (χ2v) is 4.87. The lowest BCUT2D eigenvalue weighted by molar-refractivity contribution is -0.384. The summed E-state index contributed by atoms with van der Waals surface area (Å²) in [6, 6.07) is 6.21. The van der Waals surface area contributed by atoms with Crippen LogP contribution in [0.3, 0.4) is 0 Å². The van der Waals surface area contributed by atoms with Crippen LogP contribution in [0, 0.1) is 10.1 Å². The second kappa shape index (κ2) is 6.29. The van der Waals surface area contributed by atoms with Gasteiger partial charge in [0, 0.05) is 37.3 Å². The first-order valence-electron chi connectivity index (χ1n) is 6.53. The molecule has 0 spiro atoms. The first-order chi connectivity index (χ1) is 9.56. The van der Waals surface area contributed by atoms with Gasteiger partial charge in [-0.15, -0.1) is 0 Å². The molecule has 1 aliphatic heterocycles. The van der Waals surface area contributed by atoms with Crippen LogP contribution in [0.2, 0.25) is 0 Å². The molecule has 1 aromatic carbocycles. The van der Waals surface area contributed by atoms with E-state index in [1.807, 2.05) is 0 Å². The summed E-state index contributed by atoms with van der Waals surface area (Å²) in [5.41, 5.74) is 6.48. The van der Waals surface area contributed by atoms with Crippen LogP contribution < -0.4 is 5.73 Å². The van der Waals surface area contributed by atoms with Gasteiger partial charge in [0.25, 0.3) is 5.69 Å². The molecular weight excluding hydrogens is 258 g/mol. The Morgan fingerprint density at radius 3 is 3.00 bits per heavy atom. The number of carbonyl (C=O) groups excluding carboxylic acids is 1. The average Bonchev–Trinajstić information content (AvgIpc) is 2.45. The van der Waals surface area contributed by atoms with E-state index in [0.717, 1.165) is 12.8 Å². The van der Waals surface area contributed by atoms with E-state index >= 15 is 0 Å². The van der Waals surface area contributed by atoms with Gasteiger partial charge in [-0.05, 0) is 24.5 Å². The summed E-state index contributed by atoms with van der Waals surface area (Å²) >= 11 is 0. The number of rotatable bonds is 3. The quantitative estimate of drug-likeness (QED) is 0.515. The second-order valence-electron chi connectivity index (χ2n) is 4.87. The molecule has 1 fully saturated rings. The number of nitrogens with two attached hydrogens (primary N) is 1. The Kier molecular flexibility index (Phi) is 4.47. The van der Waals surface area contributed by atoms with Crippen LogP contribution in [0.5, 0.6) is 0 Å². The standard InChI is InChI=1S/C14H17N3O3/c15-12-4-2-8-16(10-12)14(18)7-6-11-3-1-5-13(9-11)17(19)20/h1,3,5-7,9,12H,2,4,8,10,15H2/b7-6+. The van der Waals surface area contributed by atoms with Crippen LogP contribution in [-0.2, 0) is 4.79 Å². The summed E-state index contributed by atoms with van der Waals surface area (Å²) in [5, 5.41) is 10.7. The lowest BCUT2D eigenvalue weighted by Gasteiger charge is -2.29. The van der Waals surface area contributed by atoms with E-state index in [2.05, 4.69) is 0 Å². The summed E-state index contributed by atoms with van der Waals surface area (Å²) in [6.07, 6.45) is 4.89. The first kappa shape index (κ1) is 14.2. The fourth-order valence-corrected chi connectivity index (χ4v) is 2.23. The highest BCUT2D eigenvalue weighted by molar-refractivity contribution is 5.91. The number of amides is 1. The van der Waals surface area contributed by atoms with Crippen LogP contribution >= 0.6 is 0 Å². The van der Waals surface area contributed by atoms with Gasteiger partial charge in [0.05, 0.1) is 4.92 Å². The molecule has 1 aromatic rings. The number of nitro groups is 1. The van der Waals surface area contributed by atoms with Crippen molar-refractivity contribution in [1.29, 1.82) is 0 Å². The average molecular weight is 275 g/mol. The van der Waals surface area contributed by atoms with Crippen molar-refractivity contribution in [2.45, 2.75) is 18.9 Å². The number of non-ortho nitro benzene ring substituents is 1. The molecule has 1 saturated heterocycles. The zero-order chi connectivity index (χ0) is 14.5. The van der Waals surface area contributed by atoms with Gasteiger partial charge in [0.2, 0.25) is 5.91 Å². The van der Waals surface area contributed by atoms with Gasteiger partial charge in [-0.1, -0.05) is 12.1 Å². The van der Waals surface area contributed by atoms with Crippen molar-refractivity contribution >= 4 is 17.7 Å². The fourth-order valence-electron chi connectivity index (χ4n) is 2.23. The number of hydrogen-bond acceptors (Lipinski definition) is 4. The summed E-state index contributed by atoms with van der Waals surface area (Å²) in [6.45, 7) is 1.28. The Balaban J connectivity index is 2.03. The summed E-state index contributed by atoms with van der Waals surface area (Å²) in [4.78, 5) is 23.9. The smallest absolute Gasteiger partial charge is 0.270 e. The third-order valence-electron chi connectivity index (χ3n) is 3.27. The molecule has 1 heterocycles. The molecule has 1 unspecified atom stereocenters. The molecule has 0 bridgehead atoms. The van der Waals surface area contributed by atoms with Gasteiger partial charge in [0.1, 0.15) is 0 Å². The molecule has 1 atom stereocenters. The lowest BCUT2D eigenvalue weighted by atomic mass is 10.1. The van der Waals surface area contributed by atoms with Crippen molar-refractivity contribution in [2.24, 2.45) is 5.73 Å². The monoisotopic (exact) mass is 275 g/mol. The summed E-state index contributed by atoms with van der Waals surface area (Å²) in [7, 11) is 0. The van der Waals surface area contributed by atoms with Gasteiger partial charge in [-0.3, -0.25) is 14.9 Å². The van der Waals surface area contributed by atoms with E-state index in [0.29, 0.717) is 18.7 Å². The Morgan fingerprint density at radius 1 is 1.50 bits per heavy atom. The molecule has 1 aliphatic rings. The van der Waals surface area contributed by atoms with Crippen molar-refractivity contribution in [3.05, 3.63) is 46.0 Å². The number of hydrogen-bond donors (Lipinski definition) is 1. The first-order valence-corrected chi connectivity index (χ1v) is 6.53. The Hall–Kier alpha value is -2.21. The minimum atomic E-state index is -0.456. The number of piperidine rings is 1. The van der Waals surface area contributed by atoms with Crippen LogP contribution in [0.25, 0.3) is 6.08 Å². The number of likely N-dealkylation sites (tertiary alicyclic amines) is 1. The van der Waals surface area contributed by atoms with E-state index in [9.17, 15) is 14.9 Å². The van der Waals surface area contributed by atoms with E-state index in [4.69, 9.17) is 5.73 Å². The van der Waals surface area contributed by atoms with Crippen molar-refractivity contribution in [3.8, 4) is 0 Å². The molecule has 20 heavy (non-hydrogen) atoms. The number of carbonyl (C=O) groups is 1. The summed E-state index contributed by atoms with van der Waals surface area (Å²) in [5.74, 6) is -0.105. The highest BCUT2D eigenvalue weighted by Gasteiger charge is 2.19. The number of nitro benzene ring substituents is 1. The fraction of sp³-hybridized carbons (Fsp3) is 0.357. The van der Waals surface area contributed by atoms with E-state index < -0.39 is 4.92 Å². The predicted octanol–water partition coefficient (Wildman–Crippen LogP) is 1.56. The van der Waals surface area contributed by atoms with Crippen LogP contribution in [0.1, 0.15) is 18.4 Å². The van der Waals surface area contributed by atoms with E-state index in [1.165, 1.54) is 18.2 Å². The number of nitrogens with zero attached hydrogens (tertiary/aromatic N) is 2. The normalized spacial score (nSPS) is 19.2. The third-order valence-corrected chi connectivity index (χ3v) is 3.27. The van der Waals surface area contributed by atoms with E-state index in [1.54, 1.807) is 23.1 Å². The number of benzene rings is 1. The largest absolute Gasteiger partial charge is 0.338 e. The van der Waals surface area contributed by atoms with Crippen molar-refractivity contribution in [3.63, 3.8) is 0 Å². The topological polar surface area (TPSA) is 89.5 Å². The maximum Gasteiger partial charge on any atom is 0.270 e. The van der Waals surface area contributed by atoms with Crippen LogP contribution in [0.15, 0.2) is 30.3 Å². The van der Waals surface area contributed by atoms with Gasteiger partial charge in [0.15, 0.2) is 0 Å². The zero-order valence-electron chi connectivity index (χ0n) is 11.1. The minimum Gasteiger partial charge on any atom is -0.338 e. The van der Waals surface area contributed by atoms with Crippen molar-refractivity contribution < 1.29 is 9.72 Å². The zero-order valence-corrected chi connectivity index (χ0v) is 11.1. The molecule has 0 aliphatic carbocycles. The molecule has 1 amide bonds. The van der Waals surface area contributed by atoms with Gasteiger partial charge < -0.3 is 10.6 Å². The minimum absolute atomic E-state index is 0.0135. The molecular formula is C14H17N3O3. The Labute approximate surface area is 117 Å². The van der Waals surface area contributed by atoms with E-state index in [-0.39, 0.29) is 17.6 Å². The SMILES string of the molecule is NC1CCCN(C(=O)/C=C/c2cccc([N+](=O)[O-])c2)C1. The molecule has 0 aromatic heterocycles. The maximum atomic E-state index is 12.0. The molecule has 0 saturated carbocycles. The van der Waals surface area contributed by atoms with Crippen molar-refractivity contribution in [1.82, 2.24) is 4.90 Å². The van der Waals surface area contributed by atoms with Gasteiger partial charge in [-0.2, -0.15) is 0 Å². The lowest BCUT2D eigenvalue weighted by Crippen LogP contribution is -2.45. The highest BCUT2D eigenvalue weighted by atomic mass is 16.6. The Morgan fingerprint density at radius 2 is 2.30 bits per heavy atom. The molecule has 2 rings (SSSR count). The van der Waals surface area contributed by atoms with Crippen LogP contribution in [0.4, 0.5) is 5.69 Å². The Bertz CT molecular complexity index is 542. The molecule has 6 nitrogen and oxygen atoms in total. The maximum absolute atomic E-state index is 12.0. The molecule has 2 N–H and O–H groups in total. The van der Waals surface area contributed by atoms with Crippen LogP contribution in [-0.4, -0.2) is 34.9 Å². The molecule has 6 heteroatoms. The molecule has 0 radical (unpaired) electrons. The molecule has 106 valence electrons.